The third-order valence-electron chi connectivity index (χ3n) is 0. The van der Waals surface area contributed by atoms with Gasteiger partial charge in [-0.25, -0.2) is 0 Å². The molecule has 0 atom stereocenters. The van der Waals surface area contributed by atoms with E-state index in [9.17, 15) is 0 Å². The third-order valence-corrected chi connectivity index (χ3v) is 0. The molecule has 7 heteroatoms. The zero-order valence-corrected chi connectivity index (χ0v) is 12.0. The topological polar surface area (TPSA) is 94.5 Å². The van der Waals surface area contributed by atoms with Gasteiger partial charge in [0.15, 0.2) is 0 Å². The smallest absolute Gasteiger partial charge is 0 e. The van der Waals surface area contributed by atoms with Crippen molar-refractivity contribution in [1.82, 2.24) is 0 Å². The molecule has 0 saturated heterocycles. The molecule has 1 radical (unpaired) electrons. The third kappa shape index (κ3) is 62.0. The predicted molar refractivity (Wildman–Crippen MR) is 20.8 cm³/mol. The van der Waals surface area contributed by atoms with Gasteiger partial charge in [-0.15, -0.1) is 0 Å². The molecule has 7 heavy (non-hydrogen) atoms. The first-order valence-electron chi connectivity index (χ1n) is 0. The van der Waals surface area contributed by atoms with Crippen molar-refractivity contribution < 1.29 is 67.3 Å². The maximum absolute atomic E-state index is 0. The molecule has 57 valence electrons. The Hall–Kier alpha value is 2.31. The molecule has 0 aliphatic heterocycles. The summed E-state index contributed by atoms with van der Waals surface area (Å²) in [5, 5.41) is 0. The van der Waals surface area contributed by atoms with E-state index in [0.717, 1.165) is 0 Å². The molecule has 0 spiro atoms. The van der Waals surface area contributed by atoms with Crippen LogP contribution >= 0.6 is 0 Å². The maximum atomic E-state index is 0. The Morgan fingerprint density at radius 1 is 0.571 bits per heavy atom. The van der Waals surface area contributed by atoms with E-state index in [1.165, 1.54) is 0 Å². The summed E-state index contributed by atoms with van der Waals surface area (Å²) in [5.41, 5.74) is 0. The molecule has 6 N–H and O–H groups in total. The van der Waals surface area contributed by atoms with Crippen molar-refractivity contribution in [3.05, 3.63) is 0 Å². The second kappa shape index (κ2) is 83.3. The Labute approximate surface area is 92.6 Å². The Kier molecular flexibility index (Phi) is 1430. The number of hydrogen-bond donors (Lipinski definition) is 0. The fourth-order valence-corrected chi connectivity index (χ4v) is 0. The minimum absolute atomic E-state index is 0. The van der Waals surface area contributed by atoms with Crippen LogP contribution in [0.15, 0.2) is 0 Å². The average molecular weight is 437 g/mol. The van der Waals surface area contributed by atoms with E-state index in [1.807, 2.05) is 0 Å². The van der Waals surface area contributed by atoms with Crippen molar-refractivity contribution in [3.63, 3.8) is 0 Å². The van der Waals surface area contributed by atoms with E-state index in [-0.39, 0.29) is 93.5 Å². The molecule has 0 aromatic rings. The number of hydrogen-bond acceptors (Lipinski definition) is 0. The van der Waals surface area contributed by atoms with Gasteiger partial charge >= 0.3 is 26.2 Å². The van der Waals surface area contributed by atoms with Crippen LogP contribution in [0, 0.1) is 0 Å². The SMILES string of the molecule is O.O.O.[BiH3].[Co].[Fe].[Fe]. The van der Waals surface area contributed by atoms with E-state index < -0.39 is 0 Å². The van der Waals surface area contributed by atoms with Crippen molar-refractivity contribution in [2.45, 2.75) is 0 Å². The van der Waals surface area contributed by atoms with Crippen LogP contribution in [0.3, 0.4) is 0 Å². The first-order valence-corrected chi connectivity index (χ1v) is 0. The van der Waals surface area contributed by atoms with Gasteiger partial charge in [0.25, 0.3) is 0 Å². The van der Waals surface area contributed by atoms with Gasteiger partial charge in [-0.1, -0.05) is 0 Å². The first kappa shape index (κ1) is 121. The summed E-state index contributed by atoms with van der Waals surface area (Å²) >= 11 is 0. The van der Waals surface area contributed by atoms with Gasteiger partial charge in [0.1, 0.15) is 0 Å². The summed E-state index contributed by atoms with van der Waals surface area (Å²) in [6.07, 6.45) is 0. The summed E-state index contributed by atoms with van der Waals surface area (Å²) in [6.45, 7) is 0. The molecule has 0 heterocycles. The van der Waals surface area contributed by atoms with Crippen LogP contribution in [0.25, 0.3) is 0 Å². The van der Waals surface area contributed by atoms with Gasteiger partial charge in [-0.2, -0.15) is 0 Å². The van der Waals surface area contributed by atoms with Crippen molar-refractivity contribution in [1.29, 1.82) is 0 Å². The van der Waals surface area contributed by atoms with E-state index in [0.29, 0.717) is 0 Å². The second-order valence-corrected chi connectivity index (χ2v) is 0. The average Bonchev–Trinajstić information content (AvgIpc) is 0. The Bertz CT molecular complexity index is 12.9. The van der Waals surface area contributed by atoms with Crippen LogP contribution in [0.2, 0.25) is 0 Å². The molecular weight excluding hydrogens is 428 g/mol. The monoisotopic (exact) mass is 437 g/mol. The summed E-state index contributed by atoms with van der Waals surface area (Å²) in [5.74, 6) is 0. The first-order chi connectivity index (χ1) is 0. The molecule has 0 aliphatic carbocycles. The maximum Gasteiger partial charge on any atom is 0 e. The van der Waals surface area contributed by atoms with Crippen LogP contribution in [0.5, 0.6) is 0 Å². The van der Waals surface area contributed by atoms with Crippen molar-refractivity contribution >= 4 is 26.2 Å². The summed E-state index contributed by atoms with van der Waals surface area (Å²) in [4.78, 5) is 0. The zero-order chi connectivity index (χ0) is 0. The zero-order valence-electron chi connectivity index (χ0n) is 3.25. The van der Waals surface area contributed by atoms with Gasteiger partial charge in [0.05, 0.1) is 0 Å². The Morgan fingerprint density at radius 3 is 0.571 bits per heavy atom. The molecule has 0 rings (SSSR count). The van der Waals surface area contributed by atoms with E-state index in [2.05, 4.69) is 0 Å². The van der Waals surface area contributed by atoms with Crippen LogP contribution < -0.4 is 0 Å². The van der Waals surface area contributed by atoms with E-state index >= 15 is 0 Å². The van der Waals surface area contributed by atoms with Crippen molar-refractivity contribution in [2.75, 3.05) is 0 Å². The quantitative estimate of drug-likeness (QED) is 0.350. The van der Waals surface area contributed by atoms with Crippen LogP contribution in [-0.2, 0) is 50.9 Å². The Balaban J connectivity index is 0. The fourth-order valence-electron chi connectivity index (χ4n) is 0. The van der Waals surface area contributed by atoms with E-state index in [1.54, 1.807) is 0 Å². The number of rotatable bonds is 0. The fraction of sp³-hybridized carbons (Fsp3) is 0. The minimum Gasteiger partial charge on any atom is 0 e. The molecule has 0 aliphatic rings. The summed E-state index contributed by atoms with van der Waals surface area (Å²) < 4.78 is 0. The van der Waals surface area contributed by atoms with Gasteiger partial charge < -0.3 is 16.4 Å². The minimum atomic E-state index is 0. The molecule has 0 aromatic carbocycles. The van der Waals surface area contributed by atoms with Crippen LogP contribution in [0.1, 0.15) is 0 Å². The predicted octanol–water partition coefficient (Wildman–Crippen LogP) is -3.67. The van der Waals surface area contributed by atoms with Crippen molar-refractivity contribution in [2.24, 2.45) is 0 Å². The molecule has 3 nitrogen and oxygen atoms in total. The normalized spacial score (nSPS) is 0. The van der Waals surface area contributed by atoms with Gasteiger partial charge in [-0.05, 0) is 0 Å². The second-order valence-electron chi connectivity index (χ2n) is 0. The van der Waals surface area contributed by atoms with Crippen LogP contribution in [0.4, 0.5) is 0 Å². The summed E-state index contributed by atoms with van der Waals surface area (Å²) in [7, 11) is 0. The molecule has 0 amide bonds. The molecule has 0 aromatic heterocycles. The summed E-state index contributed by atoms with van der Waals surface area (Å²) in [6, 6.07) is 0. The van der Waals surface area contributed by atoms with Gasteiger partial charge in [0.2, 0.25) is 0 Å². The molecule has 0 saturated carbocycles. The van der Waals surface area contributed by atoms with Crippen molar-refractivity contribution in [3.8, 4) is 0 Å². The molecule has 0 fully saturated rings. The standard InChI is InChI=1S/Bi.Co.2Fe.3H2O.3H/h;;;;3*1H2;;;. The van der Waals surface area contributed by atoms with Crippen LogP contribution in [-0.4, -0.2) is 42.6 Å². The molecular formula is H9BiCoFe2O3. The Morgan fingerprint density at radius 2 is 0.571 bits per heavy atom. The van der Waals surface area contributed by atoms with Gasteiger partial charge in [0, 0.05) is 50.9 Å². The molecule has 0 bridgehead atoms. The van der Waals surface area contributed by atoms with Gasteiger partial charge in [-0.3, -0.25) is 0 Å². The largest absolute Gasteiger partial charge is 0 e. The molecule has 0 unspecified atom stereocenters. The van der Waals surface area contributed by atoms with E-state index in [4.69, 9.17) is 0 Å².